The molecule has 0 fully saturated rings. The molecule has 7 heteroatoms. The van der Waals surface area contributed by atoms with Crippen molar-refractivity contribution in [2.45, 2.75) is 26.7 Å². The van der Waals surface area contributed by atoms with Gasteiger partial charge in [0.15, 0.2) is 11.7 Å². The van der Waals surface area contributed by atoms with Crippen LogP contribution in [0.15, 0.2) is 41.8 Å². The smallest absolute Gasteiger partial charge is 0.264 e. The van der Waals surface area contributed by atoms with Gasteiger partial charge in [0.2, 0.25) is 5.91 Å². The van der Waals surface area contributed by atoms with Crippen molar-refractivity contribution in [1.82, 2.24) is 4.98 Å². The molecule has 29 heavy (non-hydrogen) atoms. The number of rotatable bonds is 5. The van der Waals surface area contributed by atoms with Crippen molar-refractivity contribution >= 4 is 34.0 Å². The number of nitrogens with one attached hydrogen (secondary N) is 2. The monoisotopic (exact) mass is 407 g/mol. The second-order valence-electron chi connectivity index (χ2n) is 7.06. The van der Waals surface area contributed by atoms with Crippen LogP contribution >= 0.6 is 11.3 Å². The zero-order valence-electron chi connectivity index (χ0n) is 16.2. The number of hydrogen-bond acceptors (Lipinski definition) is 5. The topological polar surface area (TPSA) is 80.3 Å². The van der Waals surface area contributed by atoms with Crippen molar-refractivity contribution in [1.29, 1.82) is 0 Å². The highest BCUT2D eigenvalue weighted by molar-refractivity contribution is 7.14. The van der Waals surface area contributed by atoms with Crippen molar-refractivity contribution < 1.29 is 14.3 Å². The predicted octanol–water partition coefficient (Wildman–Crippen LogP) is 4.33. The van der Waals surface area contributed by atoms with E-state index in [2.05, 4.69) is 41.6 Å². The van der Waals surface area contributed by atoms with E-state index in [0.717, 1.165) is 28.1 Å². The average molecular weight is 407 g/mol. The molecule has 2 heterocycles. The molecule has 0 aliphatic carbocycles. The molecule has 0 spiro atoms. The van der Waals surface area contributed by atoms with E-state index in [-0.39, 0.29) is 18.4 Å². The number of ether oxygens (including phenoxy) is 1. The largest absolute Gasteiger partial charge is 0.484 e. The van der Waals surface area contributed by atoms with Crippen LogP contribution in [0.1, 0.15) is 23.1 Å². The molecule has 1 aliphatic rings. The Balaban J connectivity index is 1.36. The van der Waals surface area contributed by atoms with Crippen molar-refractivity contribution in [3.63, 3.8) is 0 Å². The molecular formula is C22H21N3O3S. The second kappa shape index (κ2) is 8.05. The lowest BCUT2D eigenvalue weighted by molar-refractivity contribution is -0.118. The van der Waals surface area contributed by atoms with E-state index < -0.39 is 0 Å². The van der Waals surface area contributed by atoms with Gasteiger partial charge in [-0.3, -0.25) is 14.9 Å². The molecule has 0 unspecified atom stereocenters. The summed E-state index contributed by atoms with van der Waals surface area (Å²) >= 11 is 1.39. The number of hydrogen-bond donors (Lipinski definition) is 2. The Morgan fingerprint density at radius 1 is 1.21 bits per heavy atom. The van der Waals surface area contributed by atoms with Gasteiger partial charge in [0.05, 0.1) is 5.69 Å². The molecule has 3 aromatic rings. The van der Waals surface area contributed by atoms with Crippen LogP contribution in [-0.2, 0) is 16.0 Å². The van der Waals surface area contributed by atoms with Gasteiger partial charge < -0.3 is 10.1 Å². The first-order chi connectivity index (χ1) is 14.0. The summed E-state index contributed by atoms with van der Waals surface area (Å²) in [6.07, 6.45) is 1.13. The Bertz CT molecular complexity index is 1090. The van der Waals surface area contributed by atoms with Crippen LogP contribution < -0.4 is 15.4 Å². The maximum absolute atomic E-state index is 12.2. The molecule has 0 bridgehead atoms. The van der Waals surface area contributed by atoms with E-state index in [1.807, 2.05) is 17.5 Å². The minimum Gasteiger partial charge on any atom is -0.484 e. The molecule has 1 aliphatic heterocycles. The van der Waals surface area contributed by atoms with Crippen LogP contribution in [-0.4, -0.2) is 23.4 Å². The Kier molecular flexibility index (Phi) is 5.31. The number of anilines is 2. The lowest BCUT2D eigenvalue weighted by atomic mass is 10.0. The van der Waals surface area contributed by atoms with Gasteiger partial charge in [-0.1, -0.05) is 23.8 Å². The summed E-state index contributed by atoms with van der Waals surface area (Å²) in [4.78, 5) is 28.2. The lowest BCUT2D eigenvalue weighted by Gasteiger charge is -2.17. The Labute approximate surface area is 172 Å². The predicted molar refractivity (Wildman–Crippen MR) is 115 cm³/mol. The number of fused-ring (bicyclic) bond motifs is 1. The summed E-state index contributed by atoms with van der Waals surface area (Å²) < 4.78 is 5.61. The molecule has 0 saturated carbocycles. The van der Waals surface area contributed by atoms with E-state index in [0.29, 0.717) is 23.7 Å². The lowest BCUT2D eigenvalue weighted by Crippen LogP contribution is -2.21. The maximum Gasteiger partial charge on any atom is 0.264 e. The summed E-state index contributed by atoms with van der Waals surface area (Å²) in [5.41, 5.74) is 6.09. The zero-order valence-corrected chi connectivity index (χ0v) is 17.1. The van der Waals surface area contributed by atoms with Crippen molar-refractivity contribution in [3.05, 3.63) is 58.5 Å². The highest BCUT2D eigenvalue weighted by Gasteiger charge is 2.16. The number of carbonyl (C=O) groups excluding carboxylic acids is 2. The van der Waals surface area contributed by atoms with Gasteiger partial charge >= 0.3 is 0 Å². The van der Waals surface area contributed by atoms with Gasteiger partial charge in [-0.15, -0.1) is 11.3 Å². The third-order valence-electron chi connectivity index (χ3n) is 4.75. The summed E-state index contributed by atoms with van der Waals surface area (Å²) in [6.45, 7) is 4.00. The minimum absolute atomic E-state index is 0.0224. The van der Waals surface area contributed by atoms with Crippen LogP contribution in [0, 0.1) is 13.8 Å². The van der Waals surface area contributed by atoms with Gasteiger partial charge in [-0.2, -0.15) is 0 Å². The number of nitrogens with zero attached hydrogens (tertiary/aromatic N) is 1. The molecule has 0 atom stereocenters. The normalized spacial score (nSPS) is 12.8. The number of aryl methyl sites for hydroxylation is 3. The molecule has 148 valence electrons. The molecule has 2 aromatic carbocycles. The van der Waals surface area contributed by atoms with Crippen LogP contribution in [0.3, 0.4) is 0 Å². The first-order valence-corrected chi connectivity index (χ1v) is 10.2. The highest BCUT2D eigenvalue weighted by Crippen LogP contribution is 2.29. The van der Waals surface area contributed by atoms with Gasteiger partial charge in [0, 0.05) is 23.1 Å². The molecule has 0 saturated heterocycles. The van der Waals surface area contributed by atoms with Gasteiger partial charge in [-0.25, -0.2) is 4.98 Å². The third-order valence-corrected chi connectivity index (χ3v) is 5.51. The van der Waals surface area contributed by atoms with Crippen molar-refractivity contribution in [3.8, 4) is 17.0 Å². The molecule has 4 rings (SSSR count). The Morgan fingerprint density at radius 3 is 2.90 bits per heavy atom. The van der Waals surface area contributed by atoms with Crippen molar-refractivity contribution in [2.24, 2.45) is 0 Å². The number of carbonyl (C=O) groups is 2. The number of amides is 2. The Hall–Kier alpha value is -3.19. The Morgan fingerprint density at radius 2 is 2.07 bits per heavy atom. The fourth-order valence-electron chi connectivity index (χ4n) is 3.31. The standard InChI is InChI=1S/C22H21N3O3S/c1-13-3-6-17(14(2)9-13)19-12-29-22(24-19)25-21(27)11-28-16-5-7-18-15(10-16)4-8-20(26)23-18/h3,5-7,9-10,12H,4,8,11H2,1-2H3,(H,23,26)(H,24,25,27). The minimum atomic E-state index is -0.266. The second-order valence-corrected chi connectivity index (χ2v) is 7.92. The number of benzene rings is 2. The van der Waals surface area contributed by atoms with E-state index in [1.165, 1.54) is 16.9 Å². The van der Waals surface area contributed by atoms with E-state index in [1.54, 1.807) is 12.1 Å². The quantitative estimate of drug-likeness (QED) is 0.660. The van der Waals surface area contributed by atoms with Crippen LogP contribution in [0.5, 0.6) is 5.75 Å². The average Bonchev–Trinajstić information content (AvgIpc) is 3.14. The summed E-state index contributed by atoms with van der Waals surface area (Å²) in [6, 6.07) is 11.6. The summed E-state index contributed by atoms with van der Waals surface area (Å²) in [5, 5.41) is 8.09. The molecule has 6 nitrogen and oxygen atoms in total. The van der Waals surface area contributed by atoms with E-state index >= 15 is 0 Å². The summed E-state index contributed by atoms with van der Waals surface area (Å²) in [5.74, 6) is 0.358. The zero-order chi connectivity index (χ0) is 20.4. The molecule has 2 N–H and O–H groups in total. The van der Waals surface area contributed by atoms with Crippen LogP contribution in [0.4, 0.5) is 10.8 Å². The first kappa shape index (κ1) is 19.1. The molecule has 1 aromatic heterocycles. The molecular weight excluding hydrogens is 386 g/mol. The summed E-state index contributed by atoms with van der Waals surface area (Å²) in [7, 11) is 0. The maximum atomic E-state index is 12.2. The number of thiazole rings is 1. The van der Waals surface area contributed by atoms with Crippen molar-refractivity contribution in [2.75, 3.05) is 17.2 Å². The number of aromatic nitrogens is 1. The van der Waals surface area contributed by atoms with Gasteiger partial charge in [0.25, 0.3) is 5.91 Å². The fraction of sp³-hybridized carbons (Fsp3) is 0.227. The van der Waals surface area contributed by atoms with Gasteiger partial charge in [-0.05, 0) is 49.6 Å². The first-order valence-electron chi connectivity index (χ1n) is 9.36. The van der Waals surface area contributed by atoms with Crippen LogP contribution in [0.25, 0.3) is 11.3 Å². The molecule has 0 radical (unpaired) electrons. The SMILES string of the molecule is Cc1ccc(-c2csc(NC(=O)COc3ccc4c(c3)CCC(=O)N4)n2)c(C)c1. The highest BCUT2D eigenvalue weighted by atomic mass is 32.1. The van der Waals surface area contributed by atoms with E-state index in [9.17, 15) is 9.59 Å². The fourth-order valence-corrected chi connectivity index (χ4v) is 4.04. The molecule has 2 amide bonds. The van der Waals surface area contributed by atoms with E-state index in [4.69, 9.17) is 4.74 Å². The van der Waals surface area contributed by atoms with Crippen LogP contribution in [0.2, 0.25) is 0 Å². The van der Waals surface area contributed by atoms with Gasteiger partial charge in [0.1, 0.15) is 5.75 Å². The third kappa shape index (κ3) is 4.46.